The normalized spacial score (nSPS) is 59.5. The van der Waals surface area contributed by atoms with Gasteiger partial charge in [-0.2, -0.15) is 0 Å². The molecule has 4 unspecified atom stereocenters. The molecule has 0 aromatic rings. The van der Waals surface area contributed by atoms with Crippen molar-refractivity contribution < 1.29 is 0 Å². The van der Waals surface area contributed by atoms with Crippen LogP contribution in [0.1, 0.15) is 45.4 Å². The highest BCUT2D eigenvalue weighted by Gasteiger charge is 2.58. The lowest BCUT2D eigenvalue weighted by Gasteiger charge is -2.39. The maximum Gasteiger partial charge on any atom is 0.0127 e. The molecule has 5 atom stereocenters. The SMILES string of the molecule is CC1CCC2(C1)C1CCC(C1)[C@H]2N. The Morgan fingerprint density at radius 3 is 2.62 bits per heavy atom. The second-order valence-corrected chi connectivity index (χ2v) is 5.88. The molecule has 1 spiro atoms. The Kier molecular flexibility index (Phi) is 1.59. The number of fused-ring (bicyclic) bond motifs is 3. The van der Waals surface area contributed by atoms with Crippen LogP contribution < -0.4 is 5.73 Å². The van der Waals surface area contributed by atoms with Crippen LogP contribution in [0.3, 0.4) is 0 Å². The zero-order chi connectivity index (χ0) is 9.05. The van der Waals surface area contributed by atoms with E-state index in [0.29, 0.717) is 11.5 Å². The summed E-state index contributed by atoms with van der Waals surface area (Å²) in [5.41, 5.74) is 7.04. The van der Waals surface area contributed by atoms with E-state index in [2.05, 4.69) is 6.92 Å². The van der Waals surface area contributed by atoms with Crippen LogP contribution in [0.2, 0.25) is 0 Å². The van der Waals surface area contributed by atoms with Gasteiger partial charge in [0.15, 0.2) is 0 Å². The van der Waals surface area contributed by atoms with E-state index in [9.17, 15) is 0 Å². The highest BCUT2D eigenvalue weighted by atomic mass is 14.8. The number of hydrogen-bond acceptors (Lipinski definition) is 1. The first-order valence-corrected chi connectivity index (χ1v) is 5.98. The monoisotopic (exact) mass is 179 g/mol. The quantitative estimate of drug-likeness (QED) is 0.607. The molecule has 0 heterocycles. The fraction of sp³-hybridized carbons (Fsp3) is 1.00. The summed E-state index contributed by atoms with van der Waals surface area (Å²) in [7, 11) is 0. The molecule has 13 heavy (non-hydrogen) atoms. The molecule has 1 heteroatoms. The lowest BCUT2D eigenvalue weighted by Crippen LogP contribution is -2.44. The van der Waals surface area contributed by atoms with E-state index < -0.39 is 0 Å². The van der Waals surface area contributed by atoms with Crippen molar-refractivity contribution in [3.63, 3.8) is 0 Å². The molecule has 1 nitrogen and oxygen atoms in total. The van der Waals surface area contributed by atoms with E-state index >= 15 is 0 Å². The van der Waals surface area contributed by atoms with Crippen molar-refractivity contribution in [2.24, 2.45) is 28.9 Å². The van der Waals surface area contributed by atoms with Gasteiger partial charge in [0.25, 0.3) is 0 Å². The summed E-state index contributed by atoms with van der Waals surface area (Å²) < 4.78 is 0. The predicted octanol–water partition coefficient (Wildman–Crippen LogP) is 2.55. The first-order chi connectivity index (χ1) is 6.22. The van der Waals surface area contributed by atoms with Crippen molar-refractivity contribution >= 4 is 0 Å². The molecule has 0 aromatic carbocycles. The van der Waals surface area contributed by atoms with Gasteiger partial charge in [0.2, 0.25) is 0 Å². The summed E-state index contributed by atoms with van der Waals surface area (Å²) in [6, 6.07) is 0.566. The van der Waals surface area contributed by atoms with Crippen molar-refractivity contribution in [3.05, 3.63) is 0 Å². The van der Waals surface area contributed by atoms with Gasteiger partial charge >= 0.3 is 0 Å². The van der Waals surface area contributed by atoms with Crippen molar-refractivity contribution in [2.75, 3.05) is 0 Å². The second kappa shape index (κ2) is 2.50. The van der Waals surface area contributed by atoms with E-state index in [-0.39, 0.29) is 0 Å². The molecule has 74 valence electrons. The zero-order valence-corrected chi connectivity index (χ0v) is 8.63. The van der Waals surface area contributed by atoms with E-state index in [1.807, 2.05) is 0 Å². The van der Waals surface area contributed by atoms with E-state index in [1.165, 1.54) is 38.5 Å². The van der Waals surface area contributed by atoms with Crippen LogP contribution in [0.5, 0.6) is 0 Å². The van der Waals surface area contributed by atoms with Gasteiger partial charge in [-0.1, -0.05) is 13.3 Å². The van der Waals surface area contributed by atoms with E-state index in [1.54, 1.807) is 0 Å². The first kappa shape index (κ1) is 8.28. The van der Waals surface area contributed by atoms with Gasteiger partial charge in [0.1, 0.15) is 0 Å². The average molecular weight is 179 g/mol. The molecule has 0 aliphatic heterocycles. The van der Waals surface area contributed by atoms with E-state index in [0.717, 1.165) is 17.8 Å². The minimum atomic E-state index is 0.566. The third-order valence-corrected chi connectivity index (χ3v) is 5.29. The summed E-state index contributed by atoms with van der Waals surface area (Å²) in [6.07, 6.45) is 8.71. The standard InChI is InChI=1S/C12H21N/c1-8-4-5-12(7-8)10-3-2-9(6-10)11(12)13/h8-11H,2-7,13H2,1H3/t8?,9?,10?,11-,12?/m1/s1. The molecule has 0 amide bonds. The Morgan fingerprint density at radius 2 is 2.08 bits per heavy atom. The van der Waals surface area contributed by atoms with Gasteiger partial charge < -0.3 is 5.73 Å². The maximum atomic E-state index is 6.42. The molecule has 0 saturated heterocycles. The van der Waals surface area contributed by atoms with Crippen molar-refractivity contribution in [2.45, 2.75) is 51.5 Å². The Morgan fingerprint density at radius 1 is 1.23 bits per heavy atom. The van der Waals surface area contributed by atoms with Crippen LogP contribution in [-0.2, 0) is 0 Å². The van der Waals surface area contributed by atoms with Crippen LogP contribution in [0.25, 0.3) is 0 Å². The third-order valence-electron chi connectivity index (χ3n) is 5.29. The molecule has 3 saturated carbocycles. The number of nitrogens with two attached hydrogens (primary N) is 1. The molecule has 3 rings (SSSR count). The molecule has 2 N–H and O–H groups in total. The van der Waals surface area contributed by atoms with Crippen LogP contribution in [0.4, 0.5) is 0 Å². The summed E-state index contributed by atoms with van der Waals surface area (Å²) in [4.78, 5) is 0. The Balaban J connectivity index is 1.90. The largest absolute Gasteiger partial charge is 0.327 e. The summed E-state index contributed by atoms with van der Waals surface area (Å²) in [5.74, 6) is 2.86. The molecule has 2 bridgehead atoms. The Labute approximate surface area is 81.1 Å². The van der Waals surface area contributed by atoms with Gasteiger partial charge in [0, 0.05) is 6.04 Å². The number of rotatable bonds is 0. The predicted molar refractivity (Wildman–Crippen MR) is 54.3 cm³/mol. The molecule has 3 aliphatic rings. The van der Waals surface area contributed by atoms with Gasteiger partial charge in [-0.15, -0.1) is 0 Å². The minimum absolute atomic E-state index is 0.566. The number of hydrogen-bond donors (Lipinski definition) is 1. The highest BCUT2D eigenvalue weighted by Crippen LogP contribution is 2.62. The van der Waals surface area contributed by atoms with Crippen LogP contribution >= 0.6 is 0 Å². The molecular weight excluding hydrogens is 158 g/mol. The topological polar surface area (TPSA) is 26.0 Å². The fourth-order valence-electron chi connectivity index (χ4n) is 4.65. The molecule has 0 aromatic heterocycles. The summed E-state index contributed by atoms with van der Waals surface area (Å²) in [5, 5.41) is 0. The van der Waals surface area contributed by atoms with Crippen molar-refractivity contribution in [3.8, 4) is 0 Å². The van der Waals surface area contributed by atoms with Crippen molar-refractivity contribution in [1.82, 2.24) is 0 Å². The Hall–Kier alpha value is -0.0400. The van der Waals surface area contributed by atoms with Gasteiger partial charge in [-0.05, 0) is 55.3 Å². The first-order valence-electron chi connectivity index (χ1n) is 5.98. The lowest BCUT2D eigenvalue weighted by atomic mass is 9.68. The van der Waals surface area contributed by atoms with E-state index in [4.69, 9.17) is 5.73 Å². The van der Waals surface area contributed by atoms with Gasteiger partial charge in [-0.25, -0.2) is 0 Å². The second-order valence-electron chi connectivity index (χ2n) is 5.88. The average Bonchev–Trinajstić information content (AvgIpc) is 2.73. The van der Waals surface area contributed by atoms with Crippen LogP contribution in [-0.4, -0.2) is 6.04 Å². The van der Waals surface area contributed by atoms with Crippen LogP contribution in [0.15, 0.2) is 0 Å². The highest BCUT2D eigenvalue weighted by molar-refractivity contribution is 5.10. The minimum Gasteiger partial charge on any atom is -0.327 e. The summed E-state index contributed by atoms with van der Waals surface area (Å²) >= 11 is 0. The smallest absolute Gasteiger partial charge is 0.0127 e. The zero-order valence-electron chi connectivity index (χ0n) is 8.63. The maximum absolute atomic E-state index is 6.42. The van der Waals surface area contributed by atoms with Crippen molar-refractivity contribution in [1.29, 1.82) is 0 Å². The Bertz CT molecular complexity index is 221. The van der Waals surface area contributed by atoms with Gasteiger partial charge in [0.05, 0.1) is 0 Å². The molecule has 3 aliphatic carbocycles. The lowest BCUT2D eigenvalue weighted by molar-refractivity contribution is 0.134. The van der Waals surface area contributed by atoms with Crippen LogP contribution in [0, 0.1) is 23.2 Å². The summed E-state index contributed by atoms with van der Waals surface area (Å²) in [6.45, 7) is 2.41. The third kappa shape index (κ3) is 0.918. The fourth-order valence-corrected chi connectivity index (χ4v) is 4.65. The van der Waals surface area contributed by atoms with Gasteiger partial charge in [-0.3, -0.25) is 0 Å². The molecular formula is C12H21N. The molecule has 3 fully saturated rings. The molecule has 0 radical (unpaired) electrons.